The second kappa shape index (κ2) is 14.9. The number of nitrogens with zero attached hydrogens (tertiary/aromatic N) is 5. The number of amides is 2. The Morgan fingerprint density at radius 3 is 2.04 bits per heavy atom. The fourth-order valence-electron chi connectivity index (χ4n) is 9.43. The van der Waals surface area contributed by atoms with E-state index in [4.69, 9.17) is 19.7 Å². The van der Waals surface area contributed by atoms with Crippen LogP contribution in [0.4, 0.5) is 4.79 Å². The third-order valence-corrected chi connectivity index (χ3v) is 12.3. The summed E-state index contributed by atoms with van der Waals surface area (Å²) in [5.74, 6) is 4.50. The predicted molar refractivity (Wildman–Crippen MR) is 213 cm³/mol. The average molecular weight is 750 g/mol. The van der Waals surface area contributed by atoms with Crippen molar-refractivity contribution in [2.75, 3.05) is 13.7 Å². The number of rotatable bonds is 10. The number of imidazole rings is 3. The van der Waals surface area contributed by atoms with Gasteiger partial charge in [-0.25, -0.2) is 19.7 Å². The molecule has 2 amide bonds. The van der Waals surface area contributed by atoms with Crippen molar-refractivity contribution < 1.29 is 14.3 Å². The van der Waals surface area contributed by atoms with Gasteiger partial charge in [-0.3, -0.25) is 9.78 Å². The molecule has 0 radical (unpaired) electrons. The van der Waals surface area contributed by atoms with Crippen molar-refractivity contribution in [3.05, 3.63) is 109 Å². The number of nitrogens with one attached hydrogen (secondary N) is 4. The van der Waals surface area contributed by atoms with Gasteiger partial charge in [0, 0.05) is 42.5 Å². The lowest BCUT2D eigenvalue weighted by Gasteiger charge is -2.30. The van der Waals surface area contributed by atoms with Crippen molar-refractivity contribution in [3.63, 3.8) is 0 Å². The molecule has 9 rings (SSSR count). The Kier molecular flexibility index (Phi) is 9.48. The van der Waals surface area contributed by atoms with Crippen molar-refractivity contribution in [3.8, 4) is 44.9 Å². The van der Waals surface area contributed by atoms with Gasteiger partial charge in [0.05, 0.1) is 42.6 Å². The van der Waals surface area contributed by atoms with E-state index in [1.807, 2.05) is 49.6 Å². The molecule has 3 fully saturated rings. The third kappa shape index (κ3) is 6.67. The minimum atomic E-state index is -0.670. The van der Waals surface area contributed by atoms with Gasteiger partial charge < -0.3 is 29.9 Å². The SMILES string of the molecule is COC(=O)N[C@H](C(=O)N1CCC[C@H]1c1ncc(-c2ccc(-c3ccc(-c4cnc(C5C6CCC(C6)C5c5nc(-c6cccnc6)c[nH]5)[nH]4)cc3)cc2)[nH]1)C(C)C. The topological polar surface area (TPSA) is 158 Å². The number of carbonyl (C=O) groups is 2. The maximum atomic E-state index is 13.6. The first-order valence-corrected chi connectivity index (χ1v) is 19.8. The van der Waals surface area contributed by atoms with Gasteiger partial charge in [0.25, 0.3) is 0 Å². The molecule has 1 aliphatic heterocycles. The van der Waals surface area contributed by atoms with Crippen LogP contribution in [0, 0.1) is 17.8 Å². The Bertz CT molecular complexity index is 2310. The standard InChI is InChI=1S/C44H47N9O3/c1-25(2)39(52-44(55)56-3)43(54)53-19-5-7-36(53)40-46-22-33(49-40)28-12-8-26(9-13-28)27-10-14-29(15-11-27)34-23-47-41(50-34)37-30-16-17-31(20-30)38(37)42-48-24-35(51-42)32-6-4-18-45-21-32/h4,6,8-15,18,21-25,30-31,36-39H,5,7,16-17,19-20H2,1-3H3,(H,46,49)(H,47,50)(H,48,51)(H,52,55)/t30?,31?,36-,37?,38?,39-/m0/s1. The van der Waals surface area contributed by atoms with Crippen molar-refractivity contribution in [1.29, 1.82) is 0 Å². The first-order valence-electron chi connectivity index (χ1n) is 19.8. The van der Waals surface area contributed by atoms with Crippen LogP contribution in [-0.4, -0.2) is 71.5 Å². The van der Waals surface area contributed by atoms with Crippen LogP contribution in [0.25, 0.3) is 44.9 Å². The highest BCUT2D eigenvalue weighted by molar-refractivity contribution is 5.86. The summed E-state index contributed by atoms with van der Waals surface area (Å²) in [4.78, 5) is 57.1. The molecular formula is C44H47N9O3. The number of likely N-dealkylation sites (tertiary alicyclic amines) is 1. The molecule has 5 heterocycles. The molecule has 1 saturated heterocycles. The molecule has 2 aliphatic carbocycles. The van der Waals surface area contributed by atoms with Crippen LogP contribution in [0.15, 0.2) is 91.6 Å². The minimum absolute atomic E-state index is 0.0883. The van der Waals surface area contributed by atoms with E-state index < -0.39 is 12.1 Å². The van der Waals surface area contributed by atoms with Crippen molar-refractivity contribution in [2.24, 2.45) is 17.8 Å². The molecular weight excluding hydrogens is 703 g/mol. The van der Waals surface area contributed by atoms with Crippen LogP contribution in [0.5, 0.6) is 0 Å². The summed E-state index contributed by atoms with van der Waals surface area (Å²) in [6.07, 6.45) is 14.2. The van der Waals surface area contributed by atoms with Crippen LogP contribution in [0.1, 0.15) is 81.3 Å². The highest BCUT2D eigenvalue weighted by Crippen LogP contribution is 2.60. The summed E-state index contributed by atoms with van der Waals surface area (Å²) in [5, 5.41) is 2.71. The number of hydrogen-bond acceptors (Lipinski definition) is 7. The van der Waals surface area contributed by atoms with E-state index in [9.17, 15) is 9.59 Å². The molecule has 4 unspecified atom stereocenters. The van der Waals surface area contributed by atoms with Gasteiger partial charge in [0.2, 0.25) is 5.91 Å². The summed E-state index contributed by atoms with van der Waals surface area (Å²) in [5.41, 5.74) is 8.24. The van der Waals surface area contributed by atoms with Crippen molar-refractivity contribution >= 4 is 12.0 Å². The Balaban J connectivity index is 0.872. The van der Waals surface area contributed by atoms with Gasteiger partial charge in [0.15, 0.2) is 0 Å². The number of methoxy groups -OCH3 is 1. The molecule has 286 valence electrons. The minimum Gasteiger partial charge on any atom is -0.453 e. The fourth-order valence-corrected chi connectivity index (χ4v) is 9.43. The van der Waals surface area contributed by atoms with E-state index in [0.717, 1.165) is 75.2 Å². The van der Waals surface area contributed by atoms with Crippen LogP contribution >= 0.6 is 0 Å². The monoisotopic (exact) mass is 749 g/mol. The molecule has 3 aliphatic rings. The summed E-state index contributed by atoms with van der Waals surface area (Å²) < 4.78 is 4.77. The van der Waals surface area contributed by atoms with Gasteiger partial charge >= 0.3 is 6.09 Å². The first kappa shape index (κ1) is 35.6. The molecule has 12 nitrogen and oxygen atoms in total. The highest BCUT2D eigenvalue weighted by Gasteiger charge is 2.51. The molecule has 4 N–H and O–H groups in total. The number of H-pyrrole nitrogens is 3. The lowest BCUT2D eigenvalue weighted by Crippen LogP contribution is -2.51. The quantitative estimate of drug-likeness (QED) is 0.110. The molecule has 2 aromatic carbocycles. The number of carbonyl (C=O) groups excluding carboxylic acids is 2. The van der Waals surface area contributed by atoms with Crippen LogP contribution in [-0.2, 0) is 9.53 Å². The average Bonchev–Trinajstić information content (AvgIpc) is 4.10. The Morgan fingerprint density at radius 2 is 1.41 bits per heavy atom. The molecule has 56 heavy (non-hydrogen) atoms. The number of aromatic amines is 3. The Labute approximate surface area is 326 Å². The third-order valence-electron chi connectivity index (χ3n) is 12.3. The number of benzene rings is 2. The summed E-state index contributed by atoms with van der Waals surface area (Å²) >= 11 is 0. The number of hydrogen-bond donors (Lipinski definition) is 4. The van der Waals surface area contributed by atoms with Crippen molar-refractivity contribution in [2.45, 2.75) is 69.9 Å². The van der Waals surface area contributed by atoms with E-state index in [2.05, 4.69) is 79.9 Å². The molecule has 6 aromatic rings. The fraction of sp³-hybridized carbons (Fsp3) is 0.364. The summed E-state index contributed by atoms with van der Waals surface area (Å²) in [6.45, 7) is 4.45. The molecule has 12 heteroatoms. The lowest BCUT2D eigenvalue weighted by molar-refractivity contribution is -0.135. The van der Waals surface area contributed by atoms with E-state index in [1.165, 1.54) is 26.4 Å². The van der Waals surface area contributed by atoms with Crippen molar-refractivity contribution in [1.82, 2.24) is 45.1 Å². The van der Waals surface area contributed by atoms with Gasteiger partial charge in [0.1, 0.15) is 23.5 Å². The smallest absolute Gasteiger partial charge is 0.407 e. The molecule has 2 saturated carbocycles. The summed E-state index contributed by atoms with van der Waals surface area (Å²) in [7, 11) is 1.30. The summed E-state index contributed by atoms with van der Waals surface area (Å²) in [6, 6.07) is 20.2. The van der Waals surface area contributed by atoms with E-state index in [-0.39, 0.29) is 17.9 Å². The molecule has 6 atom stereocenters. The van der Waals surface area contributed by atoms with Crippen LogP contribution in [0.2, 0.25) is 0 Å². The Morgan fingerprint density at radius 1 is 0.786 bits per heavy atom. The van der Waals surface area contributed by atoms with Gasteiger partial charge in [-0.15, -0.1) is 0 Å². The zero-order valence-corrected chi connectivity index (χ0v) is 31.9. The first-order chi connectivity index (χ1) is 27.3. The number of ether oxygens (including phenoxy) is 1. The number of pyridine rings is 1. The normalized spacial score (nSPS) is 22.1. The maximum Gasteiger partial charge on any atom is 0.407 e. The zero-order chi connectivity index (χ0) is 38.3. The number of alkyl carbamates (subject to hydrolysis) is 1. The van der Waals surface area contributed by atoms with E-state index >= 15 is 0 Å². The van der Waals surface area contributed by atoms with Crippen LogP contribution in [0.3, 0.4) is 0 Å². The Hall–Kier alpha value is -6.04. The molecule has 2 bridgehead atoms. The highest BCUT2D eigenvalue weighted by atomic mass is 16.5. The van der Waals surface area contributed by atoms with E-state index in [0.29, 0.717) is 30.2 Å². The largest absolute Gasteiger partial charge is 0.453 e. The maximum absolute atomic E-state index is 13.6. The molecule has 0 spiro atoms. The van der Waals surface area contributed by atoms with E-state index in [1.54, 1.807) is 6.20 Å². The molecule has 4 aromatic heterocycles. The second-order valence-electron chi connectivity index (χ2n) is 15.9. The predicted octanol–water partition coefficient (Wildman–Crippen LogP) is 8.26. The zero-order valence-electron chi connectivity index (χ0n) is 31.9. The van der Waals surface area contributed by atoms with Gasteiger partial charge in [-0.05, 0) is 84.2 Å². The number of aromatic nitrogens is 7. The van der Waals surface area contributed by atoms with Gasteiger partial charge in [-0.2, -0.15) is 0 Å². The second-order valence-corrected chi connectivity index (χ2v) is 15.9. The van der Waals surface area contributed by atoms with Gasteiger partial charge in [-0.1, -0.05) is 62.4 Å². The number of fused-ring (bicyclic) bond motifs is 2. The van der Waals surface area contributed by atoms with Crippen LogP contribution < -0.4 is 5.32 Å². The lowest BCUT2D eigenvalue weighted by atomic mass is 9.78.